The Morgan fingerprint density at radius 2 is 2.11 bits per heavy atom. The van der Waals surface area contributed by atoms with Gasteiger partial charge in [-0.15, -0.1) is 0 Å². The molecule has 0 unspecified atom stereocenters. The van der Waals surface area contributed by atoms with Gasteiger partial charge in [-0.2, -0.15) is 5.10 Å². The van der Waals surface area contributed by atoms with Crippen molar-refractivity contribution in [3.63, 3.8) is 0 Å². The average molecular weight is 384 g/mol. The van der Waals surface area contributed by atoms with Crippen LogP contribution in [-0.4, -0.2) is 37.4 Å². The zero-order chi connectivity index (χ0) is 19.1. The maximum absolute atomic E-state index is 11.5. The highest BCUT2D eigenvalue weighted by Gasteiger charge is 2.08. The molecule has 2 N–H and O–H groups in total. The van der Waals surface area contributed by atoms with E-state index in [0.29, 0.717) is 18.0 Å². The number of anilines is 1. The van der Waals surface area contributed by atoms with E-state index in [9.17, 15) is 4.79 Å². The van der Waals surface area contributed by atoms with Crippen molar-refractivity contribution in [2.75, 3.05) is 25.7 Å². The molecular weight excluding hydrogens is 364 g/mol. The van der Waals surface area contributed by atoms with Crippen molar-refractivity contribution in [2.24, 2.45) is 5.10 Å². The molecule has 0 aliphatic rings. The van der Waals surface area contributed by atoms with Gasteiger partial charge in [0.05, 0.1) is 23.5 Å². The van der Waals surface area contributed by atoms with Crippen molar-refractivity contribution < 1.29 is 14.3 Å². The van der Waals surface area contributed by atoms with Crippen LogP contribution in [0, 0.1) is 0 Å². The lowest BCUT2D eigenvalue weighted by Gasteiger charge is -2.11. The zero-order valence-corrected chi connectivity index (χ0v) is 15.9. The zero-order valence-electron chi connectivity index (χ0n) is 15.1. The third-order valence-corrected chi connectivity index (χ3v) is 4.53. The molecule has 0 aliphatic heterocycles. The van der Waals surface area contributed by atoms with Crippen LogP contribution in [0.3, 0.4) is 0 Å². The van der Waals surface area contributed by atoms with Gasteiger partial charge in [0.1, 0.15) is 0 Å². The fourth-order valence-corrected chi connectivity index (χ4v) is 3.17. The summed E-state index contributed by atoms with van der Waals surface area (Å²) in [6, 6.07) is 13.3. The van der Waals surface area contributed by atoms with Gasteiger partial charge in [0.2, 0.25) is 5.13 Å². The predicted octanol–water partition coefficient (Wildman–Crippen LogP) is 3.27. The third-order valence-electron chi connectivity index (χ3n) is 3.59. The van der Waals surface area contributed by atoms with E-state index in [2.05, 4.69) is 20.8 Å². The minimum atomic E-state index is -0.176. The number of thiazole rings is 1. The Labute approximate surface area is 161 Å². The lowest BCUT2D eigenvalue weighted by molar-refractivity contribution is -0.123. The van der Waals surface area contributed by atoms with Crippen LogP contribution in [0.25, 0.3) is 10.2 Å². The van der Waals surface area contributed by atoms with Gasteiger partial charge < -0.3 is 14.8 Å². The second kappa shape index (κ2) is 9.00. The molecule has 2 aromatic carbocycles. The topological polar surface area (TPSA) is 84.8 Å². The number of likely N-dealkylation sites (N-methyl/N-ethyl adjacent to an activating group) is 1. The van der Waals surface area contributed by atoms with Gasteiger partial charge in [-0.25, -0.2) is 4.98 Å². The summed E-state index contributed by atoms with van der Waals surface area (Å²) in [5.41, 5.74) is 4.71. The Hall–Kier alpha value is -3.13. The molecule has 3 aromatic rings. The van der Waals surface area contributed by atoms with Crippen LogP contribution < -0.4 is 20.2 Å². The van der Waals surface area contributed by atoms with Gasteiger partial charge in [0, 0.05) is 6.54 Å². The van der Waals surface area contributed by atoms with Crippen LogP contribution in [0.2, 0.25) is 0 Å². The molecule has 0 atom stereocenters. The number of para-hydroxylation sites is 1. The molecule has 1 aromatic heterocycles. The Bertz CT molecular complexity index is 922. The fourth-order valence-electron chi connectivity index (χ4n) is 2.36. The number of methoxy groups -OCH3 is 1. The minimum Gasteiger partial charge on any atom is -0.493 e. The Kier molecular flexibility index (Phi) is 6.22. The van der Waals surface area contributed by atoms with E-state index in [1.807, 2.05) is 37.3 Å². The number of aromatic nitrogens is 1. The molecule has 27 heavy (non-hydrogen) atoms. The second-order valence-corrected chi connectivity index (χ2v) is 6.54. The van der Waals surface area contributed by atoms with E-state index in [4.69, 9.17) is 9.47 Å². The van der Waals surface area contributed by atoms with Gasteiger partial charge >= 0.3 is 0 Å². The largest absolute Gasteiger partial charge is 0.493 e. The molecule has 7 nitrogen and oxygen atoms in total. The first-order valence-electron chi connectivity index (χ1n) is 8.41. The third kappa shape index (κ3) is 4.95. The molecule has 1 heterocycles. The predicted molar refractivity (Wildman–Crippen MR) is 108 cm³/mol. The number of fused-ring (bicyclic) bond motifs is 1. The number of hydrazone groups is 1. The maximum Gasteiger partial charge on any atom is 0.257 e. The quantitative estimate of drug-likeness (QED) is 0.460. The standard InChI is InChI=1S/C19H20N4O3S/c1-3-20-18(24)12-26-15-9-8-13(10-16(15)25-2)11-21-23-19-22-14-6-4-5-7-17(14)27-19/h4-11H,3,12H2,1-2H3,(H,20,24)(H,22,23)/b21-11-. The number of hydrogen-bond acceptors (Lipinski definition) is 7. The van der Waals surface area contributed by atoms with Gasteiger partial charge in [-0.05, 0) is 42.8 Å². The van der Waals surface area contributed by atoms with Gasteiger partial charge in [0.25, 0.3) is 5.91 Å². The highest BCUT2D eigenvalue weighted by Crippen LogP contribution is 2.28. The summed E-state index contributed by atoms with van der Waals surface area (Å²) >= 11 is 1.54. The normalized spacial score (nSPS) is 10.9. The molecule has 0 radical (unpaired) electrons. The van der Waals surface area contributed by atoms with E-state index < -0.39 is 0 Å². The van der Waals surface area contributed by atoms with E-state index in [0.717, 1.165) is 20.9 Å². The molecule has 0 spiro atoms. The number of nitrogens with zero attached hydrogens (tertiary/aromatic N) is 2. The van der Waals surface area contributed by atoms with E-state index in [1.54, 1.807) is 25.5 Å². The smallest absolute Gasteiger partial charge is 0.257 e. The first kappa shape index (κ1) is 18.7. The van der Waals surface area contributed by atoms with Crippen LogP contribution in [0.4, 0.5) is 5.13 Å². The summed E-state index contributed by atoms with van der Waals surface area (Å²) in [5, 5.41) is 7.63. The molecular formula is C19H20N4O3S. The molecule has 140 valence electrons. The monoisotopic (exact) mass is 384 g/mol. The van der Waals surface area contributed by atoms with Crippen molar-refractivity contribution in [2.45, 2.75) is 6.92 Å². The number of rotatable bonds is 8. The number of amides is 1. The maximum atomic E-state index is 11.5. The number of benzene rings is 2. The minimum absolute atomic E-state index is 0.0587. The summed E-state index contributed by atoms with van der Waals surface area (Å²) in [6.45, 7) is 2.36. The summed E-state index contributed by atoms with van der Waals surface area (Å²) in [4.78, 5) is 16.0. The van der Waals surface area contributed by atoms with Crippen LogP contribution in [0.15, 0.2) is 47.6 Å². The Balaban J connectivity index is 1.64. The van der Waals surface area contributed by atoms with Gasteiger partial charge in [-0.1, -0.05) is 23.5 Å². The summed E-state index contributed by atoms with van der Waals surface area (Å²) in [5.74, 6) is 0.855. The Morgan fingerprint density at radius 1 is 1.26 bits per heavy atom. The second-order valence-electron chi connectivity index (χ2n) is 5.51. The number of carbonyl (C=O) groups excluding carboxylic acids is 1. The highest BCUT2D eigenvalue weighted by atomic mass is 32.1. The van der Waals surface area contributed by atoms with Crippen molar-refractivity contribution in [3.05, 3.63) is 48.0 Å². The van der Waals surface area contributed by atoms with Crippen molar-refractivity contribution in [1.29, 1.82) is 0 Å². The van der Waals surface area contributed by atoms with Crippen molar-refractivity contribution in [1.82, 2.24) is 10.3 Å². The number of carbonyl (C=O) groups is 1. The molecule has 1 amide bonds. The van der Waals surface area contributed by atoms with Gasteiger partial charge in [0.15, 0.2) is 18.1 Å². The Morgan fingerprint density at radius 3 is 2.89 bits per heavy atom. The number of ether oxygens (including phenoxy) is 2. The number of hydrogen-bond donors (Lipinski definition) is 2. The highest BCUT2D eigenvalue weighted by molar-refractivity contribution is 7.22. The number of nitrogens with one attached hydrogen (secondary N) is 2. The van der Waals surface area contributed by atoms with E-state index >= 15 is 0 Å². The van der Waals surface area contributed by atoms with E-state index in [1.165, 1.54) is 11.3 Å². The van der Waals surface area contributed by atoms with Gasteiger partial charge in [-0.3, -0.25) is 10.2 Å². The fraction of sp³-hybridized carbons (Fsp3) is 0.211. The van der Waals surface area contributed by atoms with Crippen molar-refractivity contribution >= 4 is 38.8 Å². The first-order chi connectivity index (χ1) is 13.2. The summed E-state index contributed by atoms with van der Waals surface area (Å²) < 4.78 is 11.9. The summed E-state index contributed by atoms with van der Waals surface area (Å²) in [7, 11) is 1.55. The molecule has 0 aliphatic carbocycles. The lowest BCUT2D eigenvalue weighted by Crippen LogP contribution is -2.28. The van der Waals surface area contributed by atoms with Crippen LogP contribution in [-0.2, 0) is 4.79 Å². The SMILES string of the molecule is CCNC(=O)COc1ccc(/C=N\Nc2nc3ccccc3s2)cc1OC. The van der Waals surface area contributed by atoms with E-state index in [-0.39, 0.29) is 12.5 Å². The molecule has 0 saturated carbocycles. The molecule has 0 bridgehead atoms. The van der Waals surface area contributed by atoms with Crippen molar-refractivity contribution in [3.8, 4) is 11.5 Å². The molecule has 0 fully saturated rings. The molecule has 3 rings (SSSR count). The average Bonchev–Trinajstić information content (AvgIpc) is 3.09. The first-order valence-corrected chi connectivity index (χ1v) is 9.23. The van der Waals surface area contributed by atoms with Crippen LogP contribution >= 0.6 is 11.3 Å². The molecule has 0 saturated heterocycles. The van der Waals surface area contributed by atoms with Crippen LogP contribution in [0.5, 0.6) is 11.5 Å². The molecule has 8 heteroatoms. The lowest BCUT2D eigenvalue weighted by atomic mass is 10.2. The summed E-state index contributed by atoms with van der Waals surface area (Å²) in [6.07, 6.45) is 1.67. The van der Waals surface area contributed by atoms with Crippen LogP contribution in [0.1, 0.15) is 12.5 Å².